The molecule has 0 aliphatic carbocycles. The van der Waals surface area contributed by atoms with Crippen LogP contribution in [-0.4, -0.2) is 37.6 Å². The predicted molar refractivity (Wildman–Crippen MR) is 57.9 cm³/mol. The Morgan fingerprint density at radius 1 is 1.62 bits per heavy atom. The van der Waals surface area contributed by atoms with Crippen molar-refractivity contribution in [3.63, 3.8) is 0 Å². The van der Waals surface area contributed by atoms with Crippen LogP contribution in [-0.2, 0) is 0 Å². The van der Waals surface area contributed by atoms with Crippen LogP contribution in [0.25, 0.3) is 0 Å². The Morgan fingerprint density at radius 2 is 2.38 bits per heavy atom. The first kappa shape index (κ1) is 10.7. The van der Waals surface area contributed by atoms with Crippen LogP contribution in [0.5, 0.6) is 0 Å². The molecule has 0 spiro atoms. The lowest BCUT2D eigenvalue weighted by Crippen LogP contribution is -2.37. The van der Waals surface area contributed by atoms with Gasteiger partial charge in [-0.1, -0.05) is 19.9 Å². The van der Waals surface area contributed by atoms with Crippen molar-refractivity contribution in [3.8, 4) is 0 Å². The van der Waals surface area contributed by atoms with E-state index >= 15 is 0 Å². The summed E-state index contributed by atoms with van der Waals surface area (Å²) in [6, 6.07) is 0. The van der Waals surface area contributed by atoms with E-state index in [-0.39, 0.29) is 0 Å². The fourth-order valence-electron chi connectivity index (χ4n) is 2.03. The van der Waals surface area contributed by atoms with Crippen molar-refractivity contribution in [2.45, 2.75) is 20.3 Å². The Labute approximate surface area is 82.0 Å². The third-order valence-corrected chi connectivity index (χ3v) is 2.90. The Kier molecular flexibility index (Phi) is 3.94. The maximum atomic E-state index is 3.79. The number of hydrogen-bond donors (Lipinski definition) is 1. The Balaban J connectivity index is 2.39. The van der Waals surface area contributed by atoms with Gasteiger partial charge in [0.1, 0.15) is 0 Å². The van der Waals surface area contributed by atoms with Gasteiger partial charge in [-0.25, -0.2) is 0 Å². The lowest BCUT2D eigenvalue weighted by Gasteiger charge is -2.30. The first-order chi connectivity index (χ1) is 6.20. The highest BCUT2D eigenvalue weighted by Gasteiger charge is 2.29. The van der Waals surface area contributed by atoms with Gasteiger partial charge < -0.3 is 5.32 Å². The largest absolute Gasteiger partial charge is 0.316 e. The maximum absolute atomic E-state index is 3.79. The number of hydrogen-bond acceptors (Lipinski definition) is 2. The molecule has 0 saturated carbocycles. The van der Waals surface area contributed by atoms with Crippen LogP contribution in [0.3, 0.4) is 0 Å². The molecular weight excluding hydrogens is 160 g/mol. The van der Waals surface area contributed by atoms with Crippen molar-refractivity contribution < 1.29 is 0 Å². The van der Waals surface area contributed by atoms with Gasteiger partial charge in [0.2, 0.25) is 0 Å². The van der Waals surface area contributed by atoms with E-state index in [2.05, 4.69) is 30.6 Å². The molecule has 0 aromatic carbocycles. The van der Waals surface area contributed by atoms with Gasteiger partial charge in [-0.2, -0.15) is 0 Å². The summed E-state index contributed by atoms with van der Waals surface area (Å²) in [4.78, 5) is 2.46. The highest BCUT2D eigenvalue weighted by Crippen LogP contribution is 2.25. The zero-order chi connectivity index (χ0) is 9.73. The predicted octanol–water partition coefficient (Wildman–Crippen LogP) is 1.49. The van der Waals surface area contributed by atoms with E-state index < -0.39 is 0 Å². The van der Waals surface area contributed by atoms with E-state index in [4.69, 9.17) is 0 Å². The Morgan fingerprint density at radius 3 is 2.85 bits per heavy atom. The van der Waals surface area contributed by atoms with Crippen LogP contribution in [0.1, 0.15) is 20.3 Å². The van der Waals surface area contributed by atoms with Gasteiger partial charge in [-0.3, -0.25) is 4.90 Å². The second-order valence-corrected chi connectivity index (χ2v) is 4.35. The minimum atomic E-state index is 0.485. The van der Waals surface area contributed by atoms with Crippen LogP contribution in [0.15, 0.2) is 12.7 Å². The van der Waals surface area contributed by atoms with Crippen molar-refractivity contribution >= 4 is 0 Å². The summed E-state index contributed by atoms with van der Waals surface area (Å²) in [5, 5.41) is 3.43. The van der Waals surface area contributed by atoms with Gasteiger partial charge >= 0.3 is 0 Å². The number of nitrogens with zero attached hydrogens (tertiary/aromatic N) is 1. The maximum Gasteiger partial charge on any atom is 0.0160 e. The minimum absolute atomic E-state index is 0.485. The minimum Gasteiger partial charge on any atom is -0.316 e. The standard InChI is InChI=1S/C11H22N2/c1-4-8-13(5-2)10-11(3)6-7-12-9-11/h4,12H,1,5-10H2,2-3H3. The van der Waals surface area contributed by atoms with Gasteiger partial charge in [0.05, 0.1) is 0 Å². The molecule has 1 aliphatic heterocycles. The smallest absolute Gasteiger partial charge is 0.0160 e. The molecule has 2 nitrogen and oxygen atoms in total. The molecule has 1 N–H and O–H groups in total. The summed E-state index contributed by atoms with van der Waals surface area (Å²) in [5.41, 5.74) is 0.485. The SMILES string of the molecule is C=CCN(CC)CC1(C)CCNC1. The number of rotatable bonds is 5. The molecule has 1 saturated heterocycles. The summed E-state index contributed by atoms with van der Waals surface area (Å²) in [6.45, 7) is 14.1. The fraction of sp³-hybridized carbons (Fsp3) is 0.818. The summed E-state index contributed by atoms with van der Waals surface area (Å²) in [5.74, 6) is 0. The average Bonchev–Trinajstić information content (AvgIpc) is 2.51. The van der Waals surface area contributed by atoms with Gasteiger partial charge in [-0.05, 0) is 24.9 Å². The van der Waals surface area contributed by atoms with E-state index in [1.807, 2.05) is 6.08 Å². The van der Waals surface area contributed by atoms with Crippen molar-refractivity contribution in [1.29, 1.82) is 0 Å². The van der Waals surface area contributed by atoms with Gasteiger partial charge in [-0.15, -0.1) is 6.58 Å². The van der Waals surface area contributed by atoms with Crippen molar-refractivity contribution in [3.05, 3.63) is 12.7 Å². The summed E-state index contributed by atoms with van der Waals surface area (Å²) >= 11 is 0. The number of nitrogens with one attached hydrogen (secondary N) is 1. The molecule has 0 bridgehead atoms. The van der Waals surface area contributed by atoms with Crippen LogP contribution < -0.4 is 5.32 Å². The molecule has 0 aromatic rings. The molecule has 1 heterocycles. The normalized spacial score (nSPS) is 28.2. The van der Waals surface area contributed by atoms with Crippen molar-refractivity contribution in [2.75, 3.05) is 32.7 Å². The van der Waals surface area contributed by atoms with E-state index in [9.17, 15) is 0 Å². The van der Waals surface area contributed by atoms with Gasteiger partial charge in [0.15, 0.2) is 0 Å². The second-order valence-electron chi connectivity index (χ2n) is 4.35. The third kappa shape index (κ3) is 3.12. The molecule has 1 atom stereocenters. The molecule has 13 heavy (non-hydrogen) atoms. The number of likely N-dealkylation sites (N-methyl/N-ethyl adjacent to an activating group) is 1. The summed E-state index contributed by atoms with van der Waals surface area (Å²) < 4.78 is 0. The Bertz CT molecular complexity index is 159. The average molecular weight is 182 g/mol. The highest BCUT2D eigenvalue weighted by atomic mass is 15.1. The van der Waals surface area contributed by atoms with Crippen molar-refractivity contribution in [2.24, 2.45) is 5.41 Å². The van der Waals surface area contributed by atoms with E-state index in [0.29, 0.717) is 5.41 Å². The van der Waals surface area contributed by atoms with Crippen LogP contribution in [0, 0.1) is 5.41 Å². The fourth-order valence-corrected chi connectivity index (χ4v) is 2.03. The van der Waals surface area contributed by atoms with E-state index in [1.54, 1.807) is 0 Å². The lowest BCUT2D eigenvalue weighted by atomic mass is 9.89. The quantitative estimate of drug-likeness (QED) is 0.648. The molecule has 0 radical (unpaired) electrons. The first-order valence-electron chi connectivity index (χ1n) is 5.24. The molecular formula is C11H22N2. The Hall–Kier alpha value is -0.340. The third-order valence-electron chi connectivity index (χ3n) is 2.90. The highest BCUT2D eigenvalue weighted by molar-refractivity contribution is 4.87. The van der Waals surface area contributed by atoms with E-state index in [1.165, 1.54) is 26.1 Å². The second kappa shape index (κ2) is 4.77. The van der Waals surface area contributed by atoms with Crippen LogP contribution in [0.2, 0.25) is 0 Å². The topological polar surface area (TPSA) is 15.3 Å². The summed E-state index contributed by atoms with van der Waals surface area (Å²) in [7, 11) is 0. The zero-order valence-electron chi connectivity index (χ0n) is 8.97. The van der Waals surface area contributed by atoms with Crippen LogP contribution in [0.4, 0.5) is 0 Å². The molecule has 1 rings (SSSR count). The molecule has 1 fully saturated rings. The van der Waals surface area contributed by atoms with Gasteiger partial charge in [0, 0.05) is 19.6 Å². The first-order valence-corrected chi connectivity index (χ1v) is 5.24. The lowest BCUT2D eigenvalue weighted by molar-refractivity contribution is 0.200. The zero-order valence-corrected chi connectivity index (χ0v) is 8.97. The molecule has 0 aromatic heterocycles. The van der Waals surface area contributed by atoms with E-state index in [0.717, 1.165) is 13.1 Å². The monoisotopic (exact) mass is 182 g/mol. The van der Waals surface area contributed by atoms with Gasteiger partial charge in [0.25, 0.3) is 0 Å². The molecule has 0 amide bonds. The molecule has 1 aliphatic rings. The molecule has 2 heteroatoms. The van der Waals surface area contributed by atoms with Crippen molar-refractivity contribution in [1.82, 2.24) is 10.2 Å². The molecule has 1 unspecified atom stereocenters. The molecule has 76 valence electrons. The van der Waals surface area contributed by atoms with Crippen LogP contribution >= 0.6 is 0 Å². The summed E-state index contributed by atoms with van der Waals surface area (Å²) in [6.07, 6.45) is 3.30.